The zero-order valence-electron chi connectivity index (χ0n) is 15.9. The van der Waals surface area contributed by atoms with Crippen LogP contribution >= 0.6 is 0 Å². The minimum absolute atomic E-state index is 0.160. The van der Waals surface area contributed by atoms with Gasteiger partial charge in [0.1, 0.15) is 6.10 Å². The second kappa shape index (κ2) is 9.71. The molecule has 0 aliphatic heterocycles. The van der Waals surface area contributed by atoms with Crippen molar-refractivity contribution in [3.8, 4) is 0 Å². The molecular weight excluding hydrogens is 360 g/mol. The molecule has 0 radical (unpaired) electrons. The molecule has 0 saturated heterocycles. The second-order valence-electron chi connectivity index (χ2n) is 6.41. The highest BCUT2D eigenvalue weighted by molar-refractivity contribution is 6.28. The highest BCUT2D eigenvalue weighted by Crippen LogP contribution is 2.35. The Kier molecular flexibility index (Phi) is 7.06. The van der Waals surface area contributed by atoms with E-state index in [2.05, 4.69) is 6.58 Å². The molecule has 0 saturated carbocycles. The molecule has 3 rings (SSSR count). The van der Waals surface area contributed by atoms with Gasteiger partial charge in [-0.05, 0) is 5.57 Å². The SMILES string of the molecule is C=C1C=CC2=C(C(=O)c3ccccc3C2=O)C1OCCOCCOCCOC. The lowest BCUT2D eigenvalue weighted by molar-refractivity contribution is -0.00253. The number of allylic oxidation sites excluding steroid dienone is 2. The summed E-state index contributed by atoms with van der Waals surface area (Å²) in [5.41, 5.74) is 2.22. The number of ether oxygens (including phenoxy) is 4. The van der Waals surface area contributed by atoms with Crippen molar-refractivity contribution in [3.05, 3.63) is 70.8 Å². The number of hydrogen-bond acceptors (Lipinski definition) is 6. The fraction of sp³-hybridized carbons (Fsp3) is 0.364. The Morgan fingerprint density at radius 2 is 1.46 bits per heavy atom. The van der Waals surface area contributed by atoms with E-state index in [4.69, 9.17) is 18.9 Å². The van der Waals surface area contributed by atoms with Gasteiger partial charge in [-0.1, -0.05) is 43.0 Å². The Hall–Kier alpha value is -2.38. The van der Waals surface area contributed by atoms with Gasteiger partial charge in [0.15, 0.2) is 11.6 Å². The van der Waals surface area contributed by atoms with Gasteiger partial charge < -0.3 is 18.9 Å². The van der Waals surface area contributed by atoms with E-state index in [1.54, 1.807) is 43.5 Å². The second-order valence-corrected chi connectivity index (χ2v) is 6.41. The summed E-state index contributed by atoms with van der Waals surface area (Å²) in [4.78, 5) is 25.8. The van der Waals surface area contributed by atoms with Gasteiger partial charge in [-0.3, -0.25) is 9.59 Å². The molecule has 0 amide bonds. The first-order valence-corrected chi connectivity index (χ1v) is 9.20. The third-order valence-corrected chi connectivity index (χ3v) is 4.57. The van der Waals surface area contributed by atoms with Crippen molar-refractivity contribution in [3.63, 3.8) is 0 Å². The molecule has 1 aromatic carbocycles. The van der Waals surface area contributed by atoms with Gasteiger partial charge in [0.25, 0.3) is 0 Å². The van der Waals surface area contributed by atoms with Crippen LogP contribution in [0, 0.1) is 0 Å². The highest BCUT2D eigenvalue weighted by atomic mass is 16.6. The standard InChI is InChI=1S/C22H24O6/c1-15-7-8-18-19(21(24)17-6-4-3-5-16(17)20(18)23)22(15)28-14-13-27-12-11-26-10-9-25-2/h3-8,22H,1,9-14H2,2H3. The van der Waals surface area contributed by atoms with Crippen LogP contribution in [0.3, 0.4) is 0 Å². The summed E-state index contributed by atoms with van der Waals surface area (Å²) in [6, 6.07) is 6.85. The first-order valence-electron chi connectivity index (χ1n) is 9.20. The van der Waals surface area contributed by atoms with Gasteiger partial charge in [0.2, 0.25) is 0 Å². The van der Waals surface area contributed by atoms with Gasteiger partial charge in [0, 0.05) is 29.4 Å². The van der Waals surface area contributed by atoms with E-state index in [9.17, 15) is 9.59 Å². The third-order valence-electron chi connectivity index (χ3n) is 4.57. The normalized spacial score (nSPS) is 18.5. The molecule has 2 aliphatic carbocycles. The molecule has 0 heterocycles. The van der Waals surface area contributed by atoms with Crippen LogP contribution in [0.25, 0.3) is 0 Å². The Balaban J connectivity index is 1.58. The maximum atomic E-state index is 13.0. The lowest BCUT2D eigenvalue weighted by Gasteiger charge is -2.29. The van der Waals surface area contributed by atoms with Crippen LogP contribution in [0.4, 0.5) is 0 Å². The summed E-state index contributed by atoms with van der Waals surface area (Å²) in [5, 5.41) is 0. The smallest absolute Gasteiger partial charge is 0.194 e. The molecule has 0 spiro atoms. The number of carbonyl (C=O) groups excluding carboxylic acids is 2. The van der Waals surface area contributed by atoms with Gasteiger partial charge >= 0.3 is 0 Å². The van der Waals surface area contributed by atoms with Crippen LogP contribution in [0.1, 0.15) is 20.7 Å². The van der Waals surface area contributed by atoms with E-state index in [0.29, 0.717) is 60.9 Å². The number of benzene rings is 1. The topological polar surface area (TPSA) is 71.1 Å². The quantitative estimate of drug-likeness (QED) is 0.578. The summed E-state index contributed by atoms with van der Waals surface area (Å²) in [5.74, 6) is -0.347. The van der Waals surface area contributed by atoms with Crippen molar-refractivity contribution in [2.75, 3.05) is 46.8 Å². The number of rotatable bonds is 10. The molecule has 0 aromatic heterocycles. The molecule has 28 heavy (non-hydrogen) atoms. The molecule has 148 valence electrons. The fourth-order valence-electron chi connectivity index (χ4n) is 3.18. The van der Waals surface area contributed by atoms with Crippen LogP contribution in [0.2, 0.25) is 0 Å². The number of fused-ring (bicyclic) bond motifs is 1. The van der Waals surface area contributed by atoms with E-state index < -0.39 is 6.10 Å². The van der Waals surface area contributed by atoms with Crippen molar-refractivity contribution in [2.45, 2.75) is 6.10 Å². The molecule has 1 unspecified atom stereocenters. The summed E-state index contributed by atoms with van der Waals surface area (Å²) in [7, 11) is 1.62. The first-order chi connectivity index (χ1) is 13.6. The van der Waals surface area contributed by atoms with E-state index in [1.165, 1.54) is 0 Å². The maximum absolute atomic E-state index is 13.0. The summed E-state index contributed by atoms with van der Waals surface area (Å²) in [6.07, 6.45) is 2.74. The average molecular weight is 384 g/mol. The molecule has 2 aliphatic rings. The van der Waals surface area contributed by atoms with Crippen LogP contribution in [0.15, 0.2) is 59.7 Å². The predicted molar refractivity (Wildman–Crippen MR) is 104 cm³/mol. The summed E-state index contributed by atoms with van der Waals surface area (Å²) in [6.45, 7) is 6.59. The number of methoxy groups -OCH3 is 1. The minimum Gasteiger partial charge on any atom is -0.382 e. The Labute approximate surface area is 164 Å². The number of carbonyl (C=O) groups is 2. The number of hydrogen-bond donors (Lipinski definition) is 0. The van der Waals surface area contributed by atoms with Crippen molar-refractivity contribution >= 4 is 11.6 Å². The van der Waals surface area contributed by atoms with Crippen molar-refractivity contribution < 1.29 is 28.5 Å². The third kappa shape index (κ3) is 4.36. The number of Topliss-reactive ketones (excluding diaryl/α,β-unsaturated/α-hetero) is 2. The minimum atomic E-state index is -0.647. The molecule has 6 heteroatoms. The van der Waals surface area contributed by atoms with Crippen molar-refractivity contribution in [1.82, 2.24) is 0 Å². The molecule has 6 nitrogen and oxygen atoms in total. The fourth-order valence-corrected chi connectivity index (χ4v) is 3.18. The Morgan fingerprint density at radius 1 is 0.857 bits per heavy atom. The Bertz CT molecular complexity index is 820. The lowest BCUT2D eigenvalue weighted by Crippen LogP contribution is -2.33. The van der Waals surface area contributed by atoms with E-state index in [0.717, 1.165) is 0 Å². The highest BCUT2D eigenvalue weighted by Gasteiger charge is 2.37. The van der Waals surface area contributed by atoms with Crippen LogP contribution < -0.4 is 0 Å². The zero-order valence-corrected chi connectivity index (χ0v) is 15.9. The molecular formula is C22H24O6. The maximum Gasteiger partial charge on any atom is 0.194 e. The van der Waals surface area contributed by atoms with Crippen LogP contribution in [-0.2, 0) is 18.9 Å². The summed E-state index contributed by atoms with van der Waals surface area (Å²) >= 11 is 0. The first kappa shape index (κ1) is 20.4. The molecule has 0 fully saturated rings. The lowest BCUT2D eigenvalue weighted by atomic mass is 9.78. The predicted octanol–water partition coefficient (Wildman–Crippen LogP) is 2.55. The zero-order chi connectivity index (χ0) is 19.9. The van der Waals surface area contributed by atoms with Crippen molar-refractivity contribution in [1.29, 1.82) is 0 Å². The molecule has 1 aromatic rings. The van der Waals surface area contributed by atoms with E-state index in [-0.39, 0.29) is 18.2 Å². The van der Waals surface area contributed by atoms with E-state index >= 15 is 0 Å². The van der Waals surface area contributed by atoms with Gasteiger partial charge in [-0.15, -0.1) is 0 Å². The Morgan fingerprint density at radius 3 is 2.14 bits per heavy atom. The van der Waals surface area contributed by atoms with Gasteiger partial charge in [-0.25, -0.2) is 0 Å². The average Bonchev–Trinajstić information content (AvgIpc) is 2.71. The van der Waals surface area contributed by atoms with Crippen LogP contribution in [-0.4, -0.2) is 64.4 Å². The molecule has 0 bridgehead atoms. The number of ketones is 2. The largest absolute Gasteiger partial charge is 0.382 e. The van der Waals surface area contributed by atoms with Gasteiger partial charge in [-0.2, -0.15) is 0 Å². The van der Waals surface area contributed by atoms with Crippen LogP contribution in [0.5, 0.6) is 0 Å². The van der Waals surface area contributed by atoms with Gasteiger partial charge in [0.05, 0.1) is 39.6 Å². The monoisotopic (exact) mass is 384 g/mol. The molecule has 1 atom stereocenters. The van der Waals surface area contributed by atoms with E-state index in [1.807, 2.05) is 0 Å². The van der Waals surface area contributed by atoms with Crippen molar-refractivity contribution in [2.24, 2.45) is 0 Å². The summed E-state index contributed by atoms with van der Waals surface area (Å²) < 4.78 is 21.6. The molecule has 0 N–H and O–H groups in total.